The Labute approximate surface area is 117 Å². The Bertz CT molecular complexity index is 432. The molecule has 114 valence electrons. The van der Waals surface area contributed by atoms with E-state index in [9.17, 15) is 4.79 Å². The number of rotatable bonds is 1. The average molecular weight is 288 g/mol. The van der Waals surface area contributed by atoms with Crippen LogP contribution in [0.15, 0.2) is 0 Å². The predicted octanol–water partition coefficient (Wildman–Crippen LogP) is 0.557. The maximum Gasteiger partial charge on any atom is 0.369 e. The summed E-state index contributed by atoms with van der Waals surface area (Å²) in [5.41, 5.74) is 0. The third-order valence-electron chi connectivity index (χ3n) is 3.66. The van der Waals surface area contributed by atoms with Crippen LogP contribution < -0.4 is 0 Å². The van der Waals surface area contributed by atoms with Gasteiger partial charge < -0.3 is 28.4 Å². The monoisotopic (exact) mass is 288 g/mol. The van der Waals surface area contributed by atoms with E-state index in [1.807, 2.05) is 13.8 Å². The number of methoxy groups -OCH3 is 1. The first-order valence-electron chi connectivity index (χ1n) is 6.65. The van der Waals surface area contributed by atoms with Gasteiger partial charge in [-0.2, -0.15) is 0 Å². The van der Waals surface area contributed by atoms with Crippen molar-refractivity contribution in [2.24, 2.45) is 0 Å². The molecule has 0 amide bonds. The molecule has 0 bridgehead atoms. The van der Waals surface area contributed by atoms with Crippen molar-refractivity contribution in [2.75, 3.05) is 13.7 Å². The summed E-state index contributed by atoms with van der Waals surface area (Å²) < 4.78 is 33.6. The van der Waals surface area contributed by atoms with Crippen LogP contribution in [-0.2, 0) is 33.2 Å². The molecule has 0 spiro atoms. The van der Waals surface area contributed by atoms with E-state index in [2.05, 4.69) is 0 Å². The van der Waals surface area contributed by atoms with Crippen molar-refractivity contribution in [1.82, 2.24) is 0 Å². The van der Waals surface area contributed by atoms with Crippen molar-refractivity contribution >= 4 is 5.97 Å². The number of fused-ring (bicyclic) bond motifs is 3. The summed E-state index contributed by atoms with van der Waals surface area (Å²) in [4.78, 5) is 12.2. The molecule has 0 radical (unpaired) electrons. The van der Waals surface area contributed by atoms with E-state index >= 15 is 0 Å². The Morgan fingerprint density at radius 2 is 1.80 bits per heavy atom. The first-order valence-corrected chi connectivity index (χ1v) is 6.65. The SMILES string of the molecule is COC(=O)C12OC3COC(C)(C)OC3C1OC(C)(C)O2. The summed E-state index contributed by atoms with van der Waals surface area (Å²) in [6.07, 6.45) is -1.55. The number of esters is 1. The molecule has 7 heteroatoms. The van der Waals surface area contributed by atoms with Gasteiger partial charge in [0.05, 0.1) is 13.7 Å². The Morgan fingerprint density at radius 3 is 2.45 bits per heavy atom. The van der Waals surface area contributed by atoms with Crippen molar-refractivity contribution in [3.8, 4) is 0 Å². The van der Waals surface area contributed by atoms with E-state index in [1.54, 1.807) is 13.8 Å². The van der Waals surface area contributed by atoms with E-state index in [-0.39, 0.29) is 0 Å². The first kappa shape index (κ1) is 14.2. The smallest absolute Gasteiger partial charge is 0.369 e. The van der Waals surface area contributed by atoms with Crippen LogP contribution in [0.3, 0.4) is 0 Å². The van der Waals surface area contributed by atoms with Crippen LogP contribution in [-0.4, -0.2) is 55.4 Å². The van der Waals surface area contributed by atoms with Gasteiger partial charge in [0, 0.05) is 0 Å². The third-order valence-corrected chi connectivity index (χ3v) is 3.66. The van der Waals surface area contributed by atoms with Crippen LogP contribution in [0.25, 0.3) is 0 Å². The minimum Gasteiger partial charge on any atom is -0.465 e. The van der Waals surface area contributed by atoms with E-state index in [0.29, 0.717) is 6.61 Å². The summed E-state index contributed by atoms with van der Waals surface area (Å²) >= 11 is 0. The summed E-state index contributed by atoms with van der Waals surface area (Å²) in [5.74, 6) is -3.91. The highest BCUT2D eigenvalue weighted by Gasteiger charge is 2.71. The van der Waals surface area contributed by atoms with E-state index in [4.69, 9.17) is 28.4 Å². The van der Waals surface area contributed by atoms with Crippen LogP contribution in [0.2, 0.25) is 0 Å². The van der Waals surface area contributed by atoms with Crippen molar-refractivity contribution in [2.45, 2.75) is 63.4 Å². The number of hydrogen-bond acceptors (Lipinski definition) is 7. The molecule has 20 heavy (non-hydrogen) atoms. The van der Waals surface area contributed by atoms with Crippen molar-refractivity contribution in [3.05, 3.63) is 0 Å². The standard InChI is InChI=1S/C13H20O7/c1-11(2)16-6-7-8(18-11)9-13(17-7,10(14)15-5)20-12(3,4)19-9/h7-9H,6H2,1-5H3. The number of ether oxygens (including phenoxy) is 6. The molecule has 3 fully saturated rings. The molecular weight excluding hydrogens is 268 g/mol. The second-order valence-corrected chi connectivity index (χ2v) is 6.15. The molecule has 4 atom stereocenters. The molecule has 0 aromatic heterocycles. The molecule has 0 saturated carbocycles. The largest absolute Gasteiger partial charge is 0.465 e. The lowest BCUT2D eigenvalue weighted by atomic mass is 10.0. The Morgan fingerprint density at radius 1 is 1.10 bits per heavy atom. The molecule has 3 heterocycles. The second kappa shape index (κ2) is 4.14. The van der Waals surface area contributed by atoms with Gasteiger partial charge in [0.2, 0.25) is 0 Å². The van der Waals surface area contributed by atoms with Gasteiger partial charge in [-0.15, -0.1) is 0 Å². The fourth-order valence-corrected chi connectivity index (χ4v) is 2.95. The molecular formula is C13H20O7. The Kier molecular flexibility index (Phi) is 2.94. The van der Waals surface area contributed by atoms with E-state index in [0.717, 1.165) is 0 Å². The molecule has 3 rings (SSSR count). The lowest BCUT2D eigenvalue weighted by Gasteiger charge is -2.38. The third kappa shape index (κ3) is 1.96. The van der Waals surface area contributed by atoms with Gasteiger partial charge in [-0.05, 0) is 27.7 Å². The lowest BCUT2D eigenvalue weighted by Crippen LogP contribution is -2.52. The van der Waals surface area contributed by atoms with Crippen molar-refractivity contribution in [3.63, 3.8) is 0 Å². The van der Waals surface area contributed by atoms with Gasteiger partial charge in [0.1, 0.15) is 12.2 Å². The van der Waals surface area contributed by atoms with Crippen LogP contribution in [0.5, 0.6) is 0 Å². The molecule has 3 aliphatic rings. The Hall–Kier alpha value is -0.730. The maximum atomic E-state index is 12.2. The molecule has 3 saturated heterocycles. The lowest BCUT2D eigenvalue weighted by molar-refractivity contribution is -0.326. The second-order valence-electron chi connectivity index (χ2n) is 6.15. The molecule has 0 aliphatic carbocycles. The minimum absolute atomic E-state index is 0.306. The molecule has 4 unspecified atom stereocenters. The zero-order valence-corrected chi connectivity index (χ0v) is 12.3. The fraction of sp³-hybridized carbons (Fsp3) is 0.923. The topological polar surface area (TPSA) is 72.5 Å². The van der Waals surface area contributed by atoms with Gasteiger partial charge >= 0.3 is 11.8 Å². The fourth-order valence-electron chi connectivity index (χ4n) is 2.95. The van der Waals surface area contributed by atoms with Gasteiger partial charge in [-0.1, -0.05) is 0 Å². The summed E-state index contributed by atoms with van der Waals surface area (Å²) in [5, 5.41) is 0. The van der Waals surface area contributed by atoms with Gasteiger partial charge in [-0.25, -0.2) is 4.79 Å². The summed E-state index contributed by atoms with van der Waals surface area (Å²) in [6, 6.07) is 0. The van der Waals surface area contributed by atoms with Crippen LogP contribution in [0, 0.1) is 0 Å². The highest BCUT2D eigenvalue weighted by Crippen LogP contribution is 2.49. The Balaban J connectivity index is 1.95. The predicted molar refractivity (Wildman–Crippen MR) is 64.6 cm³/mol. The zero-order valence-electron chi connectivity index (χ0n) is 12.3. The van der Waals surface area contributed by atoms with Crippen molar-refractivity contribution < 1.29 is 33.2 Å². The molecule has 0 N–H and O–H groups in total. The van der Waals surface area contributed by atoms with Crippen LogP contribution in [0.4, 0.5) is 0 Å². The highest BCUT2D eigenvalue weighted by atomic mass is 16.9. The number of hydrogen-bond donors (Lipinski definition) is 0. The van der Waals surface area contributed by atoms with Crippen LogP contribution in [0.1, 0.15) is 27.7 Å². The quantitative estimate of drug-likeness (QED) is 0.653. The van der Waals surface area contributed by atoms with Gasteiger partial charge in [-0.3, -0.25) is 0 Å². The molecule has 0 aromatic rings. The molecule has 0 aromatic carbocycles. The molecule has 3 aliphatic heterocycles. The highest BCUT2D eigenvalue weighted by molar-refractivity contribution is 5.79. The van der Waals surface area contributed by atoms with Gasteiger partial charge in [0.15, 0.2) is 17.7 Å². The average Bonchev–Trinajstić information content (AvgIpc) is 2.76. The molecule has 7 nitrogen and oxygen atoms in total. The van der Waals surface area contributed by atoms with E-state index in [1.165, 1.54) is 7.11 Å². The number of carbonyl (C=O) groups excluding carboxylic acids is 1. The summed E-state index contributed by atoms with van der Waals surface area (Å²) in [6.45, 7) is 7.36. The van der Waals surface area contributed by atoms with Gasteiger partial charge in [0.25, 0.3) is 0 Å². The normalized spacial score (nSPS) is 44.8. The minimum atomic E-state index is -1.59. The summed E-state index contributed by atoms with van der Waals surface area (Å²) in [7, 11) is 1.29. The zero-order chi connectivity index (χ0) is 14.8. The van der Waals surface area contributed by atoms with E-state index < -0.39 is 41.6 Å². The number of carbonyl (C=O) groups is 1. The first-order chi connectivity index (χ1) is 9.19. The van der Waals surface area contributed by atoms with Crippen LogP contribution >= 0.6 is 0 Å². The van der Waals surface area contributed by atoms with Crippen molar-refractivity contribution in [1.29, 1.82) is 0 Å². The maximum absolute atomic E-state index is 12.2.